The number of carbonyl (C=O) groups is 4. The lowest BCUT2D eigenvalue weighted by atomic mass is 10.0. The van der Waals surface area contributed by atoms with Gasteiger partial charge in [-0.25, -0.2) is 0 Å². The van der Waals surface area contributed by atoms with Crippen LogP contribution in [0.1, 0.15) is 19.4 Å². The number of thioether (sulfide) groups is 1. The van der Waals surface area contributed by atoms with Crippen molar-refractivity contribution in [3.05, 3.63) is 34.7 Å². The summed E-state index contributed by atoms with van der Waals surface area (Å²) in [4.78, 5) is 50.4. The van der Waals surface area contributed by atoms with Crippen LogP contribution in [0.5, 0.6) is 0 Å². The maximum Gasteiger partial charge on any atom is 0.267 e. The molecular formula is C18H14N2O6S2-2. The first-order chi connectivity index (χ1) is 13.1. The van der Waals surface area contributed by atoms with E-state index in [2.05, 4.69) is 0 Å². The van der Waals surface area contributed by atoms with Gasteiger partial charge in [0.15, 0.2) is 0 Å². The molecule has 0 aromatic heterocycles. The first-order valence-electron chi connectivity index (χ1n) is 8.26. The minimum Gasteiger partial charge on any atom is -0.548 e. The summed E-state index contributed by atoms with van der Waals surface area (Å²) in [6.07, 6.45) is 0. The topological polar surface area (TPSA) is 121 Å². The Morgan fingerprint density at radius 1 is 1.14 bits per heavy atom. The second kappa shape index (κ2) is 7.36. The van der Waals surface area contributed by atoms with Gasteiger partial charge in [0.1, 0.15) is 4.32 Å². The van der Waals surface area contributed by atoms with E-state index in [-0.39, 0.29) is 14.8 Å². The van der Waals surface area contributed by atoms with Gasteiger partial charge < -0.3 is 24.7 Å². The van der Waals surface area contributed by atoms with Crippen LogP contribution in [0, 0.1) is 5.92 Å². The molecule has 0 unspecified atom stereocenters. The number of aliphatic carboxylic acids is 2. The fourth-order valence-corrected chi connectivity index (χ4v) is 4.63. The van der Waals surface area contributed by atoms with Crippen LogP contribution < -0.4 is 15.1 Å². The van der Waals surface area contributed by atoms with Crippen molar-refractivity contribution >= 4 is 63.3 Å². The third-order valence-electron chi connectivity index (χ3n) is 4.39. The number of amides is 2. The van der Waals surface area contributed by atoms with Gasteiger partial charge in [-0.2, -0.15) is 0 Å². The van der Waals surface area contributed by atoms with E-state index in [0.29, 0.717) is 11.3 Å². The van der Waals surface area contributed by atoms with Crippen LogP contribution in [0.25, 0.3) is 5.57 Å². The molecule has 0 radical (unpaired) electrons. The van der Waals surface area contributed by atoms with Crippen LogP contribution >= 0.6 is 24.0 Å². The number of nitrogens with zero attached hydrogens (tertiary/aromatic N) is 2. The monoisotopic (exact) mass is 418 g/mol. The van der Waals surface area contributed by atoms with E-state index >= 15 is 0 Å². The Balaban J connectivity index is 2.12. The lowest BCUT2D eigenvalue weighted by Gasteiger charge is -2.30. The molecule has 2 amide bonds. The standard InChI is InChI=1S/C18H16N2O6S2/c1-8(2)13(17(25)26)20-16(24)14(28-18(20)27)12-9-5-3-4-6-10(9)19(15(12)23)7-11(21)22/h3-6,8,13H,7H2,1-2H3,(H,21,22)(H,25,26)/p-2/b14-12-/t13-/m0/s1. The van der Waals surface area contributed by atoms with Crippen molar-refractivity contribution in [2.24, 2.45) is 5.92 Å². The highest BCUT2D eigenvalue weighted by atomic mass is 32.2. The van der Waals surface area contributed by atoms with Crippen LogP contribution in [0.4, 0.5) is 5.69 Å². The van der Waals surface area contributed by atoms with Crippen LogP contribution in [0.3, 0.4) is 0 Å². The largest absolute Gasteiger partial charge is 0.548 e. The quantitative estimate of drug-likeness (QED) is 0.447. The Morgan fingerprint density at radius 3 is 2.36 bits per heavy atom. The number of carboxylic acid groups (broad SMARTS) is 2. The molecule has 2 aliphatic rings. The van der Waals surface area contributed by atoms with E-state index in [4.69, 9.17) is 12.2 Å². The third kappa shape index (κ3) is 3.18. The Kier molecular flexibility index (Phi) is 5.26. The van der Waals surface area contributed by atoms with Crippen molar-refractivity contribution in [1.82, 2.24) is 4.90 Å². The molecule has 0 aliphatic carbocycles. The zero-order valence-electron chi connectivity index (χ0n) is 14.8. The molecule has 2 heterocycles. The fourth-order valence-electron chi connectivity index (χ4n) is 3.23. The number of fused-ring (bicyclic) bond motifs is 1. The van der Waals surface area contributed by atoms with Gasteiger partial charge in [0.25, 0.3) is 11.8 Å². The molecule has 0 saturated carbocycles. The molecule has 146 valence electrons. The van der Waals surface area contributed by atoms with Gasteiger partial charge in [-0.1, -0.05) is 56.0 Å². The van der Waals surface area contributed by atoms with E-state index in [1.54, 1.807) is 38.1 Å². The molecule has 10 heteroatoms. The van der Waals surface area contributed by atoms with Gasteiger partial charge in [0.05, 0.1) is 40.7 Å². The van der Waals surface area contributed by atoms with Crippen LogP contribution in [-0.2, 0) is 19.2 Å². The second-order valence-corrected chi connectivity index (χ2v) is 8.18. The number of benzene rings is 1. The molecule has 1 atom stereocenters. The van der Waals surface area contributed by atoms with Gasteiger partial charge in [0.2, 0.25) is 0 Å². The molecule has 28 heavy (non-hydrogen) atoms. The fraction of sp³-hybridized carbons (Fsp3) is 0.278. The minimum absolute atomic E-state index is 0.000896. The first-order valence-corrected chi connectivity index (χ1v) is 9.49. The smallest absolute Gasteiger partial charge is 0.267 e. The summed E-state index contributed by atoms with van der Waals surface area (Å²) < 4.78 is -0.000896. The average molecular weight is 418 g/mol. The van der Waals surface area contributed by atoms with E-state index in [1.165, 1.54) is 0 Å². The summed E-state index contributed by atoms with van der Waals surface area (Å²) in [6.45, 7) is 2.56. The molecule has 1 fully saturated rings. The summed E-state index contributed by atoms with van der Waals surface area (Å²) in [5.41, 5.74) is 0.707. The average Bonchev–Trinajstić information content (AvgIpc) is 3.03. The molecular weight excluding hydrogens is 404 g/mol. The predicted molar refractivity (Wildman–Crippen MR) is 101 cm³/mol. The van der Waals surface area contributed by atoms with Crippen LogP contribution in [0.2, 0.25) is 0 Å². The summed E-state index contributed by atoms with van der Waals surface area (Å²) in [7, 11) is 0. The van der Waals surface area contributed by atoms with Crippen molar-refractivity contribution in [2.75, 3.05) is 11.4 Å². The summed E-state index contributed by atoms with van der Waals surface area (Å²) >= 11 is 6.01. The highest BCUT2D eigenvalue weighted by molar-refractivity contribution is 8.26. The lowest BCUT2D eigenvalue weighted by molar-refractivity contribution is -0.311. The second-order valence-electron chi connectivity index (χ2n) is 6.54. The Morgan fingerprint density at radius 2 is 1.79 bits per heavy atom. The maximum atomic E-state index is 13.0. The van der Waals surface area contributed by atoms with Crippen molar-refractivity contribution in [1.29, 1.82) is 0 Å². The van der Waals surface area contributed by atoms with Gasteiger partial charge in [-0.05, 0) is 12.0 Å². The van der Waals surface area contributed by atoms with E-state index < -0.39 is 42.3 Å². The van der Waals surface area contributed by atoms with E-state index in [1.807, 2.05) is 0 Å². The van der Waals surface area contributed by atoms with Gasteiger partial charge >= 0.3 is 0 Å². The summed E-state index contributed by atoms with van der Waals surface area (Å²) in [6, 6.07) is 5.14. The molecule has 1 aromatic carbocycles. The number of carbonyl (C=O) groups excluding carboxylic acids is 4. The summed E-state index contributed by atoms with van der Waals surface area (Å²) in [5.74, 6) is -4.77. The van der Waals surface area contributed by atoms with E-state index in [0.717, 1.165) is 21.6 Å². The number of rotatable bonds is 5. The molecule has 3 rings (SSSR count). The highest BCUT2D eigenvalue weighted by Gasteiger charge is 2.44. The number of thiocarbonyl (C=S) groups is 1. The first kappa shape index (κ1) is 20.0. The number of hydrogen-bond donors (Lipinski definition) is 0. The summed E-state index contributed by atoms with van der Waals surface area (Å²) in [5, 5.41) is 22.6. The zero-order valence-corrected chi connectivity index (χ0v) is 16.5. The van der Waals surface area contributed by atoms with Crippen LogP contribution in [0.15, 0.2) is 29.2 Å². The Bertz CT molecular complexity index is 955. The molecule has 8 nitrogen and oxygen atoms in total. The number of anilines is 1. The molecule has 0 N–H and O–H groups in total. The number of hydrogen-bond acceptors (Lipinski definition) is 8. The highest BCUT2D eigenvalue weighted by Crippen LogP contribution is 2.45. The Labute approximate surface area is 169 Å². The van der Waals surface area contributed by atoms with Crippen molar-refractivity contribution in [2.45, 2.75) is 19.9 Å². The van der Waals surface area contributed by atoms with Crippen molar-refractivity contribution in [3.8, 4) is 0 Å². The van der Waals surface area contributed by atoms with Crippen molar-refractivity contribution in [3.63, 3.8) is 0 Å². The van der Waals surface area contributed by atoms with Crippen molar-refractivity contribution < 1.29 is 29.4 Å². The SMILES string of the molecule is CC(C)[C@@H](C(=O)[O-])N1C(=O)/C(=C2/C(=O)N(CC(=O)[O-])c3ccccc32)SC1=S. The van der Waals surface area contributed by atoms with Gasteiger partial charge in [0, 0.05) is 5.56 Å². The van der Waals surface area contributed by atoms with Crippen LogP contribution in [-0.4, -0.2) is 45.6 Å². The van der Waals surface area contributed by atoms with Gasteiger partial charge in [-0.3, -0.25) is 14.5 Å². The number of para-hydroxylation sites is 1. The number of carboxylic acids is 2. The Hall–Kier alpha value is -2.72. The van der Waals surface area contributed by atoms with E-state index in [9.17, 15) is 29.4 Å². The normalized spacial score (nSPS) is 20.2. The molecule has 1 saturated heterocycles. The van der Waals surface area contributed by atoms with Gasteiger partial charge in [-0.15, -0.1) is 0 Å². The third-order valence-corrected chi connectivity index (χ3v) is 5.79. The molecule has 0 bridgehead atoms. The predicted octanol–water partition coefficient (Wildman–Crippen LogP) is -0.871. The lowest BCUT2D eigenvalue weighted by Crippen LogP contribution is -2.52. The molecule has 2 aliphatic heterocycles. The maximum absolute atomic E-state index is 13.0. The molecule has 0 spiro atoms. The minimum atomic E-state index is -1.45. The molecule has 1 aromatic rings. The zero-order chi connectivity index (χ0) is 20.7.